The van der Waals surface area contributed by atoms with E-state index in [0.717, 1.165) is 5.39 Å². The second kappa shape index (κ2) is 12.9. The number of pyridine rings is 2. The Morgan fingerprint density at radius 1 is 0.955 bits per heavy atom. The minimum atomic E-state index is -0.534. The number of ether oxygens (including phenoxy) is 4. The molecule has 0 fully saturated rings. The summed E-state index contributed by atoms with van der Waals surface area (Å²) in [7, 11) is 6.39. The van der Waals surface area contributed by atoms with Crippen molar-refractivity contribution in [1.29, 1.82) is 0 Å². The normalized spacial score (nSPS) is 10.8. The van der Waals surface area contributed by atoms with Crippen molar-refractivity contribution >= 4 is 40.1 Å². The van der Waals surface area contributed by atoms with Gasteiger partial charge in [-0.25, -0.2) is 9.67 Å². The number of benzene rings is 2. The maximum absolute atomic E-state index is 13.3. The topological polar surface area (TPSA) is 130 Å². The van der Waals surface area contributed by atoms with Gasteiger partial charge < -0.3 is 29.2 Å². The molecule has 12 nitrogen and oxygen atoms in total. The highest BCUT2D eigenvalue weighted by atomic mass is 35.5. The number of aromatic nitrogens is 4. The van der Waals surface area contributed by atoms with Crippen molar-refractivity contribution in [2.45, 2.75) is 6.92 Å². The Labute approximate surface area is 258 Å². The SMILES string of the molecule is CCOc1cn(-c2ccc(Cl)c(C(=O)N(C)C)c2)nc1C(=O)Nc1ccc(Oc2ccnc3cc(OC)c(OC)cc23)cn1. The van der Waals surface area contributed by atoms with Crippen LogP contribution < -0.4 is 24.3 Å². The highest BCUT2D eigenvalue weighted by Gasteiger charge is 2.21. The molecule has 5 aromatic rings. The summed E-state index contributed by atoms with van der Waals surface area (Å²) in [5.74, 6) is 1.82. The molecule has 0 saturated heterocycles. The van der Waals surface area contributed by atoms with Gasteiger partial charge in [-0.1, -0.05) is 11.6 Å². The number of hydrogen-bond donors (Lipinski definition) is 1. The Kier molecular flexibility index (Phi) is 8.81. The van der Waals surface area contributed by atoms with Gasteiger partial charge in [-0.3, -0.25) is 14.6 Å². The smallest absolute Gasteiger partial charge is 0.281 e. The molecular formula is C31H29ClN6O6. The molecule has 3 aromatic heterocycles. The van der Waals surface area contributed by atoms with Crippen LogP contribution in [0.5, 0.6) is 28.7 Å². The van der Waals surface area contributed by atoms with Gasteiger partial charge >= 0.3 is 0 Å². The van der Waals surface area contributed by atoms with Crippen LogP contribution >= 0.6 is 11.6 Å². The van der Waals surface area contributed by atoms with Crippen LogP contribution in [0.15, 0.2) is 67.1 Å². The van der Waals surface area contributed by atoms with Crippen molar-refractivity contribution in [1.82, 2.24) is 24.6 Å². The van der Waals surface area contributed by atoms with Crippen LogP contribution in [-0.2, 0) is 0 Å². The fourth-order valence-corrected chi connectivity index (χ4v) is 4.52. The van der Waals surface area contributed by atoms with Crippen LogP contribution in [0.2, 0.25) is 5.02 Å². The molecule has 13 heteroatoms. The molecule has 226 valence electrons. The summed E-state index contributed by atoms with van der Waals surface area (Å²) >= 11 is 6.26. The Bertz CT molecular complexity index is 1840. The molecule has 0 aliphatic rings. The fraction of sp³-hybridized carbons (Fsp3) is 0.194. The minimum Gasteiger partial charge on any atom is -0.493 e. The molecule has 3 heterocycles. The molecule has 0 saturated carbocycles. The van der Waals surface area contributed by atoms with Gasteiger partial charge in [0.05, 0.1) is 55.0 Å². The van der Waals surface area contributed by atoms with Crippen molar-refractivity contribution < 1.29 is 28.5 Å². The van der Waals surface area contributed by atoms with Crippen molar-refractivity contribution in [2.24, 2.45) is 0 Å². The largest absolute Gasteiger partial charge is 0.493 e. The standard InChI is InChI=1S/C31H29ClN6O6/c1-6-43-27-17-38(18-7-9-22(32)20(13-18)31(40)37(2)3)36-29(27)30(39)35-28-10-8-19(16-34-28)44-24-11-12-33-23-15-26(42-5)25(41-4)14-21(23)24/h7-17H,6H2,1-5H3,(H,34,35,39). The van der Waals surface area contributed by atoms with Gasteiger partial charge in [0.15, 0.2) is 22.9 Å². The van der Waals surface area contributed by atoms with E-state index in [4.69, 9.17) is 30.5 Å². The summed E-state index contributed by atoms with van der Waals surface area (Å²) in [5.41, 5.74) is 1.54. The van der Waals surface area contributed by atoms with E-state index in [1.54, 1.807) is 96.2 Å². The number of hydrogen-bond acceptors (Lipinski definition) is 9. The Morgan fingerprint density at radius 2 is 1.73 bits per heavy atom. The molecule has 5 rings (SSSR count). The highest BCUT2D eigenvalue weighted by molar-refractivity contribution is 6.33. The lowest BCUT2D eigenvalue weighted by Crippen LogP contribution is -2.22. The number of rotatable bonds is 10. The van der Waals surface area contributed by atoms with Gasteiger partial charge in [-0.2, -0.15) is 5.10 Å². The van der Waals surface area contributed by atoms with Gasteiger partial charge in [0.2, 0.25) is 0 Å². The van der Waals surface area contributed by atoms with E-state index in [0.29, 0.717) is 51.4 Å². The Morgan fingerprint density at radius 3 is 2.41 bits per heavy atom. The second-order valence-electron chi connectivity index (χ2n) is 9.55. The summed E-state index contributed by atoms with van der Waals surface area (Å²) in [6.45, 7) is 2.11. The van der Waals surface area contributed by atoms with E-state index in [1.165, 1.54) is 15.8 Å². The third-order valence-electron chi connectivity index (χ3n) is 6.46. The van der Waals surface area contributed by atoms with Crippen LogP contribution in [0.3, 0.4) is 0 Å². The number of carbonyl (C=O) groups is 2. The predicted octanol–water partition coefficient (Wildman–Crippen LogP) is 5.63. The molecular weight excluding hydrogens is 588 g/mol. The van der Waals surface area contributed by atoms with Crippen molar-refractivity contribution in [3.05, 3.63) is 83.4 Å². The maximum atomic E-state index is 13.3. The Hall–Kier alpha value is -5.36. The van der Waals surface area contributed by atoms with Crippen LogP contribution in [-0.4, -0.2) is 71.4 Å². The first-order valence-corrected chi connectivity index (χ1v) is 13.8. The number of anilines is 1. The molecule has 0 atom stereocenters. The zero-order valence-electron chi connectivity index (χ0n) is 24.6. The molecule has 0 spiro atoms. The zero-order chi connectivity index (χ0) is 31.4. The fourth-order valence-electron chi connectivity index (χ4n) is 4.32. The van der Waals surface area contributed by atoms with Gasteiger partial charge in [0.25, 0.3) is 11.8 Å². The summed E-state index contributed by atoms with van der Waals surface area (Å²) in [4.78, 5) is 36.0. The van der Waals surface area contributed by atoms with E-state index in [2.05, 4.69) is 20.4 Å². The first-order valence-electron chi connectivity index (χ1n) is 13.4. The van der Waals surface area contributed by atoms with Crippen molar-refractivity contribution in [3.8, 4) is 34.4 Å². The second-order valence-corrected chi connectivity index (χ2v) is 9.96. The predicted molar refractivity (Wildman–Crippen MR) is 165 cm³/mol. The molecule has 1 N–H and O–H groups in total. The van der Waals surface area contributed by atoms with Crippen molar-refractivity contribution in [2.75, 3.05) is 40.2 Å². The van der Waals surface area contributed by atoms with Crippen molar-refractivity contribution in [3.63, 3.8) is 0 Å². The lowest BCUT2D eigenvalue weighted by atomic mass is 10.2. The average molecular weight is 617 g/mol. The van der Waals surface area contributed by atoms with E-state index >= 15 is 0 Å². The molecule has 44 heavy (non-hydrogen) atoms. The Balaban J connectivity index is 1.35. The van der Waals surface area contributed by atoms with Crippen LogP contribution in [0.1, 0.15) is 27.8 Å². The average Bonchev–Trinajstić information content (AvgIpc) is 3.45. The number of halogens is 1. The first kappa shape index (κ1) is 30.1. The lowest BCUT2D eigenvalue weighted by molar-refractivity contribution is 0.0827. The van der Waals surface area contributed by atoms with Crippen LogP contribution in [0, 0.1) is 0 Å². The number of carbonyl (C=O) groups excluding carboxylic acids is 2. The summed E-state index contributed by atoms with van der Waals surface area (Å²) < 4.78 is 24.0. The van der Waals surface area contributed by atoms with E-state index < -0.39 is 5.91 Å². The molecule has 2 aromatic carbocycles. The van der Waals surface area contributed by atoms with E-state index in [1.807, 2.05) is 0 Å². The lowest BCUT2D eigenvalue weighted by Gasteiger charge is -2.12. The number of amides is 2. The number of nitrogens with zero attached hydrogens (tertiary/aromatic N) is 5. The monoisotopic (exact) mass is 616 g/mol. The van der Waals surface area contributed by atoms with E-state index in [-0.39, 0.29) is 23.2 Å². The molecule has 0 aliphatic heterocycles. The zero-order valence-corrected chi connectivity index (χ0v) is 25.4. The molecule has 0 bridgehead atoms. The minimum absolute atomic E-state index is 0.0389. The van der Waals surface area contributed by atoms with Crippen LogP contribution in [0.4, 0.5) is 5.82 Å². The van der Waals surface area contributed by atoms with Gasteiger partial charge in [0, 0.05) is 31.7 Å². The number of nitrogens with one attached hydrogen (secondary N) is 1. The summed E-state index contributed by atoms with van der Waals surface area (Å²) in [6.07, 6.45) is 4.69. The van der Waals surface area contributed by atoms with Gasteiger partial charge in [-0.15, -0.1) is 0 Å². The van der Waals surface area contributed by atoms with Gasteiger partial charge in [-0.05, 0) is 49.4 Å². The third kappa shape index (κ3) is 6.20. The van der Waals surface area contributed by atoms with E-state index in [9.17, 15) is 9.59 Å². The number of fused-ring (bicyclic) bond motifs is 1. The molecule has 0 radical (unpaired) electrons. The highest BCUT2D eigenvalue weighted by Crippen LogP contribution is 2.37. The summed E-state index contributed by atoms with van der Waals surface area (Å²) in [5, 5.41) is 8.20. The molecule has 2 amide bonds. The number of methoxy groups -OCH3 is 2. The third-order valence-corrected chi connectivity index (χ3v) is 6.79. The molecule has 0 unspecified atom stereocenters. The molecule has 0 aliphatic carbocycles. The quantitative estimate of drug-likeness (QED) is 0.212. The first-order chi connectivity index (χ1) is 21.2. The summed E-state index contributed by atoms with van der Waals surface area (Å²) in [6, 6.07) is 13.5. The maximum Gasteiger partial charge on any atom is 0.281 e. The van der Waals surface area contributed by atoms with Gasteiger partial charge in [0.1, 0.15) is 17.3 Å². The van der Waals surface area contributed by atoms with Crippen LogP contribution in [0.25, 0.3) is 16.6 Å².